The fourth-order valence-electron chi connectivity index (χ4n) is 3.11. The first kappa shape index (κ1) is 20.1. The minimum Gasteiger partial charge on any atom is -0.385 e. The quantitative estimate of drug-likeness (QED) is 0.439. The number of nitrogens with zero attached hydrogens (tertiary/aromatic N) is 5. The molecule has 0 aliphatic carbocycles. The first-order valence-corrected chi connectivity index (χ1v) is 9.75. The Morgan fingerprint density at radius 3 is 2.65 bits per heavy atom. The maximum Gasteiger partial charge on any atom is 0.279 e. The van der Waals surface area contributed by atoms with Gasteiger partial charge in [-0.3, -0.25) is 14.2 Å². The fraction of sp³-hybridized carbons (Fsp3) is 0.190. The number of hydrogen-bond acceptors (Lipinski definition) is 7. The number of rotatable bonds is 6. The lowest BCUT2D eigenvalue weighted by molar-refractivity contribution is 0.0936. The summed E-state index contributed by atoms with van der Waals surface area (Å²) in [5.74, 6) is 0.605. The molecule has 4 rings (SSSR count). The van der Waals surface area contributed by atoms with E-state index in [1.54, 1.807) is 49.8 Å². The molecule has 0 aliphatic rings. The maximum absolute atomic E-state index is 13.0. The standard InChI is InChI=1S/C21H22N8O2/c1-13(2)25-20(30)16-12-24-19-15(22-3)11-17(27-29(16)19)26-14-7-6-10-28(21(14)31)18-8-4-5-9-23-18/h4-13,22H,1-3H3,(H,25,30)(H,26,27). The molecule has 10 heteroatoms. The number of pyridine rings is 2. The van der Waals surface area contributed by atoms with Crippen LogP contribution in [0, 0.1) is 0 Å². The molecule has 4 aromatic heterocycles. The monoisotopic (exact) mass is 418 g/mol. The molecule has 0 spiro atoms. The largest absolute Gasteiger partial charge is 0.385 e. The van der Waals surface area contributed by atoms with Crippen LogP contribution in [0.5, 0.6) is 0 Å². The third-order valence-corrected chi connectivity index (χ3v) is 4.50. The summed E-state index contributed by atoms with van der Waals surface area (Å²) in [6.45, 7) is 3.76. The Morgan fingerprint density at radius 1 is 1.10 bits per heavy atom. The van der Waals surface area contributed by atoms with Crippen LogP contribution in [0.3, 0.4) is 0 Å². The van der Waals surface area contributed by atoms with Gasteiger partial charge in [0.05, 0.1) is 11.9 Å². The van der Waals surface area contributed by atoms with Crippen LogP contribution in [0.4, 0.5) is 17.2 Å². The molecule has 0 unspecified atom stereocenters. The van der Waals surface area contributed by atoms with E-state index in [9.17, 15) is 9.59 Å². The predicted molar refractivity (Wildman–Crippen MR) is 118 cm³/mol. The van der Waals surface area contributed by atoms with E-state index in [4.69, 9.17) is 0 Å². The highest BCUT2D eigenvalue weighted by Gasteiger charge is 2.17. The molecule has 0 atom stereocenters. The third kappa shape index (κ3) is 3.95. The van der Waals surface area contributed by atoms with Crippen LogP contribution in [0.1, 0.15) is 24.3 Å². The third-order valence-electron chi connectivity index (χ3n) is 4.50. The van der Waals surface area contributed by atoms with Crippen molar-refractivity contribution in [1.29, 1.82) is 0 Å². The van der Waals surface area contributed by atoms with Gasteiger partial charge in [0.25, 0.3) is 11.5 Å². The summed E-state index contributed by atoms with van der Waals surface area (Å²) in [6.07, 6.45) is 4.75. The van der Waals surface area contributed by atoms with Crippen LogP contribution in [-0.4, -0.2) is 43.1 Å². The highest BCUT2D eigenvalue weighted by Crippen LogP contribution is 2.21. The lowest BCUT2D eigenvalue weighted by atomic mass is 10.3. The van der Waals surface area contributed by atoms with Gasteiger partial charge in [-0.1, -0.05) is 6.07 Å². The number of carbonyl (C=O) groups is 1. The fourth-order valence-corrected chi connectivity index (χ4v) is 3.11. The first-order chi connectivity index (χ1) is 15.0. The van der Waals surface area contributed by atoms with E-state index in [-0.39, 0.29) is 17.5 Å². The number of imidazole rings is 1. The summed E-state index contributed by atoms with van der Waals surface area (Å²) in [6, 6.07) is 10.4. The van der Waals surface area contributed by atoms with Crippen LogP contribution in [0.25, 0.3) is 11.5 Å². The van der Waals surface area contributed by atoms with E-state index in [1.165, 1.54) is 15.3 Å². The van der Waals surface area contributed by atoms with Crippen LogP contribution < -0.4 is 21.5 Å². The second-order valence-corrected chi connectivity index (χ2v) is 7.11. The number of amides is 1. The molecule has 4 aromatic rings. The first-order valence-electron chi connectivity index (χ1n) is 9.75. The number of hydrogen-bond donors (Lipinski definition) is 3. The Labute approximate surface area is 178 Å². The molecule has 0 aliphatic heterocycles. The van der Waals surface area contributed by atoms with Gasteiger partial charge in [-0.05, 0) is 38.1 Å². The summed E-state index contributed by atoms with van der Waals surface area (Å²) >= 11 is 0. The average molecular weight is 418 g/mol. The second kappa shape index (κ2) is 8.27. The van der Waals surface area contributed by atoms with E-state index >= 15 is 0 Å². The van der Waals surface area contributed by atoms with Gasteiger partial charge in [0.2, 0.25) is 0 Å². The highest BCUT2D eigenvalue weighted by molar-refractivity contribution is 5.94. The molecule has 0 fully saturated rings. The molecule has 0 aromatic carbocycles. The van der Waals surface area contributed by atoms with Gasteiger partial charge < -0.3 is 16.0 Å². The van der Waals surface area contributed by atoms with Crippen molar-refractivity contribution in [2.75, 3.05) is 17.7 Å². The van der Waals surface area contributed by atoms with Crippen molar-refractivity contribution in [3.8, 4) is 5.82 Å². The van der Waals surface area contributed by atoms with Gasteiger partial charge in [-0.25, -0.2) is 14.5 Å². The lowest BCUT2D eigenvalue weighted by Gasteiger charge is -2.12. The molecule has 0 bridgehead atoms. The lowest BCUT2D eigenvalue weighted by Crippen LogP contribution is -2.31. The Hall–Kier alpha value is -4.21. The number of nitrogens with one attached hydrogen (secondary N) is 3. The Morgan fingerprint density at radius 2 is 1.94 bits per heavy atom. The number of fused-ring (bicyclic) bond motifs is 1. The summed E-state index contributed by atoms with van der Waals surface area (Å²) < 4.78 is 2.89. The van der Waals surface area contributed by atoms with E-state index in [2.05, 4.69) is 31.0 Å². The van der Waals surface area contributed by atoms with Crippen LogP contribution >= 0.6 is 0 Å². The molecule has 31 heavy (non-hydrogen) atoms. The smallest absolute Gasteiger partial charge is 0.279 e. The summed E-state index contributed by atoms with van der Waals surface area (Å²) in [4.78, 5) is 34.1. The normalized spacial score (nSPS) is 11.0. The molecule has 158 valence electrons. The maximum atomic E-state index is 13.0. The molecule has 1 amide bonds. The summed E-state index contributed by atoms with van der Waals surface area (Å²) in [7, 11) is 1.75. The molecule has 0 saturated heterocycles. The van der Waals surface area contributed by atoms with E-state index < -0.39 is 0 Å². The second-order valence-electron chi connectivity index (χ2n) is 7.11. The molecular formula is C21H22N8O2. The minimum atomic E-state index is -0.286. The highest BCUT2D eigenvalue weighted by atomic mass is 16.2. The number of aromatic nitrogens is 5. The van der Waals surface area contributed by atoms with Crippen molar-refractivity contribution in [2.45, 2.75) is 19.9 Å². The van der Waals surface area contributed by atoms with E-state index in [0.29, 0.717) is 34.4 Å². The van der Waals surface area contributed by atoms with E-state index in [0.717, 1.165) is 0 Å². The zero-order valence-corrected chi connectivity index (χ0v) is 17.3. The van der Waals surface area contributed by atoms with Gasteiger partial charge in [-0.2, -0.15) is 0 Å². The van der Waals surface area contributed by atoms with Gasteiger partial charge in [0, 0.05) is 31.5 Å². The Bertz CT molecular complexity index is 1290. The summed E-state index contributed by atoms with van der Waals surface area (Å²) in [5, 5.41) is 13.4. The van der Waals surface area contributed by atoms with Crippen molar-refractivity contribution < 1.29 is 4.79 Å². The van der Waals surface area contributed by atoms with Crippen LogP contribution in [0.2, 0.25) is 0 Å². The molecule has 4 heterocycles. The Kier molecular flexibility index (Phi) is 5.35. The van der Waals surface area contributed by atoms with Crippen LogP contribution in [0.15, 0.2) is 59.8 Å². The van der Waals surface area contributed by atoms with Crippen molar-refractivity contribution in [3.05, 3.63) is 71.0 Å². The molecular weight excluding hydrogens is 396 g/mol. The van der Waals surface area contributed by atoms with Gasteiger partial charge in [0.1, 0.15) is 11.5 Å². The molecule has 3 N–H and O–H groups in total. The SMILES string of the molecule is CNc1cc(Nc2cccn(-c3ccccn3)c2=O)nn2c(C(=O)NC(C)C)cnc12. The van der Waals surface area contributed by atoms with Crippen LogP contribution in [-0.2, 0) is 0 Å². The van der Waals surface area contributed by atoms with Crippen molar-refractivity contribution >= 4 is 28.7 Å². The van der Waals surface area contributed by atoms with Gasteiger partial charge >= 0.3 is 0 Å². The van der Waals surface area contributed by atoms with Gasteiger partial charge in [0.15, 0.2) is 17.2 Å². The molecule has 10 nitrogen and oxygen atoms in total. The topological polar surface area (TPSA) is 118 Å². The minimum absolute atomic E-state index is 0.0301. The van der Waals surface area contributed by atoms with Gasteiger partial charge in [-0.15, -0.1) is 5.10 Å². The van der Waals surface area contributed by atoms with Crippen molar-refractivity contribution in [3.63, 3.8) is 0 Å². The van der Waals surface area contributed by atoms with Crippen molar-refractivity contribution in [2.24, 2.45) is 0 Å². The number of anilines is 3. The predicted octanol–water partition coefficient (Wildman–Crippen LogP) is 2.20. The van der Waals surface area contributed by atoms with Crippen molar-refractivity contribution in [1.82, 2.24) is 29.5 Å². The Balaban J connectivity index is 1.76. The molecule has 0 saturated carbocycles. The van der Waals surface area contributed by atoms with E-state index in [1.807, 2.05) is 19.9 Å². The molecule has 0 radical (unpaired) electrons. The average Bonchev–Trinajstić information content (AvgIpc) is 3.19. The zero-order valence-electron chi connectivity index (χ0n) is 17.3. The number of carbonyl (C=O) groups excluding carboxylic acids is 1. The summed E-state index contributed by atoms with van der Waals surface area (Å²) in [5.41, 5.74) is 1.48. The zero-order chi connectivity index (χ0) is 22.0.